The van der Waals surface area contributed by atoms with Crippen LogP contribution in [0.1, 0.15) is 18.1 Å². The smallest absolute Gasteiger partial charge is 0.180 e. The number of hydrogen-bond donors (Lipinski definition) is 1. The molecular weight excluding hydrogens is 422 g/mol. The predicted molar refractivity (Wildman–Crippen MR) is 131 cm³/mol. The maximum atomic E-state index is 6.63. The van der Waals surface area contributed by atoms with Gasteiger partial charge in [0.15, 0.2) is 11.5 Å². The molecule has 0 fully saturated rings. The molecule has 5 heteroatoms. The fourth-order valence-corrected chi connectivity index (χ4v) is 3.90. The monoisotopic (exact) mass is 447 g/mol. The van der Waals surface area contributed by atoms with Crippen molar-refractivity contribution in [1.29, 1.82) is 0 Å². The van der Waals surface area contributed by atoms with Crippen LogP contribution in [0.15, 0.2) is 78.9 Å². The number of methoxy groups -OCH3 is 1. The molecule has 0 unspecified atom stereocenters. The highest BCUT2D eigenvalue weighted by molar-refractivity contribution is 6.32. The molecule has 0 aliphatic carbocycles. The third kappa shape index (κ3) is 5.09. The molecule has 0 saturated carbocycles. The molecule has 0 bridgehead atoms. The van der Waals surface area contributed by atoms with Gasteiger partial charge in [-0.2, -0.15) is 0 Å². The molecule has 0 atom stereocenters. The van der Waals surface area contributed by atoms with Gasteiger partial charge in [-0.25, -0.2) is 0 Å². The van der Waals surface area contributed by atoms with Gasteiger partial charge < -0.3 is 19.5 Å². The summed E-state index contributed by atoms with van der Waals surface area (Å²) < 4.78 is 17.2. The summed E-state index contributed by atoms with van der Waals surface area (Å²) in [7, 11) is 1.66. The van der Waals surface area contributed by atoms with Gasteiger partial charge in [-0.05, 0) is 65.2 Å². The van der Waals surface area contributed by atoms with Gasteiger partial charge in [0, 0.05) is 12.2 Å². The van der Waals surface area contributed by atoms with Crippen LogP contribution in [0.25, 0.3) is 10.8 Å². The van der Waals surface area contributed by atoms with Crippen molar-refractivity contribution in [2.45, 2.75) is 20.1 Å². The van der Waals surface area contributed by atoms with E-state index in [1.165, 1.54) is 10.8 Å². The van der Waals surface area contributed by atoms with Crippen LogP contribution in [-0.4, -0.2) is 13.7 Å². The topological polar surface area (TPSA) is 39.7 Å². The molecular formula is C27H26ClNO3. The van der Waals surface area contributed by atoms with Crippen molar-refractivity contribution in [3.05, 3.63) is 95.0 Å². The van der Waals surface area contributed by atoms with Gasteiger partial charge in [0.25, 0.3) is 0 Å². The van der Waals surface area contributed by atoms with E-state index in [1.54, 1.807) is 7.11 Å². The summed E-state index contributed by atoms with van der Waals surface area (Å²) in [5.74, 6) is 2.03. The van der Waals surface area contributed by atoms with E-state index in [4.69, 9.17) is 25.8 Å². The molecule has 0 radical (unpaired) electrons. The summed E-state index contributed by atoms with van der Waals surface area (Å²) >= 11 is 6.63. The Balaban J connectivity index is 1.51. The second-order valence-electron chi connectivity index (χ2n) is 7.35. The molecule has 4 nitrogen and oxygen atoms in total. The molecule has 0 heterocycles. The first-order chi connectivity index (χ1) is 15.7. The molecule has 32 heavy (non-hydrogen) atoms. The standard InChI is InChI=1S/C27H26ClNO3/c1-3-31-26-16-19(17-29-22-11-13-23(30-2)14-12-22)15-25(28)27(26)32-18-21-9-6-8-20-7-4-5-10-24(20)21/h4-16,29H,3,17-18H2,1-2H3. The average molecular weight is 448 g/mol. The zero-order valence-corrected chi connectivity index (χ0v) is 19.0. The number of anilines is 1. The molecule has 164 valence electrons. The molecule has 0 saturated heterocycles. The van der Waals surface area contributed by atoms with Gasteiger partial charge in [0.1, 0.15) is 12.4 Å². The second-order valence-corrected chi connectivity index (χ2v) is 7.75. The quantitative estimate of drug-likeness (QED) is 0.297. The van der Waals surface area contributed by atoms with Gasteiger partial charge in [0.2, 0.25) is 0 Å². The van der Waals surface area contributed by atoms with Gasteiger partial charge in [-0.1, -0.05) is 54.1 Å². The largest absolute Gasteiger partial charge is 0.497 e. The Morgan fingerprint density at radius 2 is 1.66 bits per heavy atom. The number of hydrogen-bond acceptors (Lipinski definition) is 4. The van der Waals surface area contributed by atoms with E-state index >= 15 is 0 Å². The molecule has 4 aromatic carbocycles. The Morgan fingerprint density at radius 1 is 0.875 bits per heavy atom. The Morgan fingerprint density at radius 3 is 2.44 bits per heavy atom. The van der Waals surface area contributed by atoms with Crippen LogP contribution in [0.5, 0.6) is 17.2 Å². The van der Waals surface area contributed by atoms with E-state index in [9.17, 15) is 0 Å². The summed E-state index contributed by atoms with van der Waals surface area (Å²) in [6.45, 7) is 3.49. The van der Waals surface area contributed by atoms with Crippen molar-refractivity contribution in [3.63, 3.8) is 0 Å². The molecule has 0 aromatic heterocycles. The summed E-state index contributed by atoms with van der Waals surface area (Å²) in [5, 5.41) is 6.28. The fourth-order valence-electron chi connectivity index (χ4n) is 3.61. The summed E-state index contributed by atoms with van der Waals surface area (Å²) in [6.07, 6.45) is 0. The van der Waals surface area contributed by atoms with Gasteiger partial charge in [0.05, 0.1) is 18.7 Å². The molecule has 0 aliphatic heterocycles. The number of ether oxygens (including phenoxy) is 3. The molecule has 4 rings (SSSR count). The normalized spacial score (nSPS) is 10.7. The Labute approximate surface area is 193 Å². The van der Waals surface area contributed by atoms with Crippen molar-refractivity contribution in [2.24, 2.45) is 0 Å². The minimum atomic E-state index is 0.407. The number of nitrogens with one attached hydrogen (secondary N) is 1. The highest BCUT2D eigenvalue weighted by Crippen LogP contribution is 2.38. The minimum Gasteiger partial charge on any atom is -0.497 e. The third-order valence-electron chi connectivity index (χ3n) is 5.21. The first-order valence-corrected chi connectivity index (χ1v) is 11.0. The van der Waals surface area contributed by atoms with Crippen molar-refractivity contribution >= 4 is 28.1 Å². The second kappa shape index (κ2) is 10.3. The first-order valence-electron chi connectivity index (χ1n) is 10.6. The lowest BCUT2D eigenvalue weighted by Crippen LogP contribution is -2.04. The fraction of sp³-hybridized carbons (Fsp3) is 0.185. The van der Waals surface area contributed by atoms with Crippen molar-refractivity contribution in [1.82, 2.24) is 0 Å². The van der Waals surface area contributed by atoms with Crippen LogP contribution in [0.4, 0.5) is 5.69 Å². The zero-order valence-electron chi connectivity index (χ0n) is 18.2. The van der Waals surface area contributed by atoms with E-state index in [0.29, 0.717) is 36.3 Å². The number of halogens is 1. The minimum absolute atomic E-state index is 0.407. The van der Waals surface area contributed by atoms with Crippen LogP contribution >= 0.6 is 11.6 Å². The van der Waals surface area contributed by atoms with E-state index < -0.39 is 0 Å². The van der Waals surface area contributed by atoms with Gasteiger partial charge in [-0.15, -0.1) is 0 Å². The lowest BCUT2D eigenvalue weighted by atomic mass is 10.1. The van der Waals surface area contributed by atoms with Crippen LogP contribution in [0, 0.1) is 0 Å². The van der Waals surface area contributed by atoms with Crippen LogP contribution in [0.2, 0.25) is 5.02 Å². The van der Waals surface area contributed by atoms with Crippen LogP contribution in [-0.2, 0) is 13.2 Å². The average Bonchev–Trinajstić information content (AvgIpc) is 2.83. The summed E-state index contributed by atoms with van der Waals surface area (Å²) in [6, 6.07) is 26.2. The van der Waals surface area contributed by atoms with E-state index in [2.05, 4.69) is 29.6 Å². The summed E-state index contributed by atoms with van der Waals surface area (Å²) in [5.41, 5.74) is 3.11. The van der Waals surface area contributed by atoms with E-state index in [0.717, 1.165) is 22.6 Å². The maximum Gasteiger partial charge on any atom is 0.180 e. The number of rotatable bonds is 9. The van der Waals surface area contributed by atoms with Crippen LogP contribution < -0.4 is 19.5 Å². The van der Waals surface area contributed by atoms with Crippen LogP contribution in [0.3, 0.4) is 0 Å². The maximum absolute atomic E-state index is 6.63. The highest BCUT2D eigenvalue weighted by Gasteiger charge is 2.14. The third-order valence-corrected chi connectivity index (χ3v) is 5.49. The van der Waals surface area contributed by atoms with Crippen molar-refractivity contribution in [3.8, 4) is 17.2 Å². The van der Waals surface area contributed by atoms with E-state index in [-0.39, 0.29) is 0 Å². The molecule has 0 aliphatic rings. The van der Waals surface area contributed by atoms with Crippen molar-refractivity contribution in [2.75, 3.05) is 19.0 Å². The van der Waals surface area contributed by atoms with Gasteiger partial charge >= 0.3 is 0 Å². The Kier molecular flexibility index (Phi) is 7.03. The lowest BCUT2D eigenvalue weighted by Gasteiger charge is -2.16. The lowest BCUT2D eigenvalue weighted by molar-refractivity contribution is 0.270. The predicted octanol–water partition coefficient (Wildman–Crippen LogP) is 7.09. The van der Waals surface area contributed by atoms with Gasteiger partial charge in [-0.3, -0.25) is 0 Å². The SMILES string of the molecule is CCOc1cc(CNc2ccc(OC)cc2)cc(Cl)c1OCc1cccc2ccccc12. The summed E-state index contributed by atoms with van der Waals surface area (Å²) in [4.78, 5) is 0. The Bertz CT molecular complexity index is 1190. The first kappa shape index (κ1) is 21.8. The molecule has 0 spiro atoms. The zero-order chi connectivity index (χ0) is 22.3. The Hall–Kier alpha value is -3.37. The molecule has 0 amide bonds. The number of fused-ring (bicyclic) bond motifs is 1. The van der Waals surface area contributed by atoms with E-state index in [1.807, 2.05) is 61.5 Å². The molecule has 4 aromatic rings. The van der Waals surface area contributed by atoms with Crippen molar-refractivity contribution < 1.29 is 14.2 Å². The highest BCUT2D eigenvalue weighted by atomic mass is 35.5. The number of benzene rings is 4. The molecule has 1 N–H and O–H groups in total.